The average molecular weight is 430 g/mol. The lowest BCUT2D eigenvalue weighted by atomic mass is 10.1. The van der Waals surface area contributed by atoms with Crippen molar-refractivity contribution in [2.45, 2.75) is 20.3 Å². The van der Waals surface area contributed by atoms with Crippen LogP contribution in [0.5, 0.6) is 5.75 Å². The van der Waals surface area contributed by atoms with Crippen LogP contribution in [0.4, 0.5) is 11.4 Å². The number of anilines is 2. The summed E-state index contributed by atoms with van der Waals surface area (Å²) in [6.45, 7) is 3.23. The van der Waals surface area contributed by atoms with Crippen molar-refractivity contribution in [2.24, 2.45) is 0 Å². The minimum absolute atomic E-state index is 0.0166. The van der Waals surface area contributed by atoms with Gasteiger partial charge >= 0.3 is 5.63 Å². The van der Waals surface area contributed by atoms with Crippen LogP contribution in [-0.4, -0.2) is 26.7 Å². The topological polar surface area (TPSA) is 115 Å². The van der Waals surface area contributed by atoms with Crippen LogP contribution in [0.2, 0.25) is 0 Å². The molecule has 1 aromatic heterocycles. The van der Waals surface area contributed by atoms with Crippen molar-refractivity contribution in [1.82, 2.24) is 0 Å². The first-order chi connectivity index (χ1) is 14.3. The van der Waals surface area contributed by atoms with Gasteiger partial charge in [-0.1, -0.05) is 13.0 Å². The van der Waals surface area contributed by atoms with Crippen LogP contribution in [0.25, 0.3) is 11.0 Å². The van der Waals surface area contributed by atoms with Gasteiger partial charge in [0.1, 0.15) is 11.3 Å². The Balaban J connectivity index is 1.66. The van der Waals surface area contributed by atoms with Gasteiger partial charge in [-0.3, -0.25) is 9.52 Å². The molecule has 158 valence electrons. The number of carbonyl (C=O) groups is 1. The molecule has 0 aliphatic carbocycles. The lowest BCUT2D eigenvalue weighted by Crippen LogP contribution is -2.21. The van der Waals surface area contributed by atoms with Gasteiger partial charge in [-0.05, 0) is 49.2 Å². The summed E-state index contributed by atoms with van der Waals surface area (Å²) in [6.07, 6.45) is 0.500. The van der Waals surface area contributed by atoms with E-state index in [0.29, 0.717) is 34.7 Å². The van der Waals surface area contributed by atoms with Crippen LogP contribution < -0.4 is 20.4 Å². The van der Waals surface area contributed by atoms with E-state index >= 15 is 0 Å². The van der Waals surface area contributed by atoms with Gasteiger partial charge in [-0.15, -0.1) is 0 Å². The molecule has 0 bridgehead atoms. The van der Waals surface area contributed by atoms with E-state index in [1.165, 1.54) is 6.07 Å². The number of fused-ring (bicyclic) bond motifs is 1. The fraction of sp³-hybridized carbons (Fsp3) is 0.238. The standard InChI is InChI=1S/C21H22N2O6S/c1-3-11-30(26,27)23-18-6-4-5-17(14(18)2)22-20(24)13-28-16-9-7-15-8-10-21(25)29-19(15)12-16/h4-10,12,23H,3,11,13H2,1-2H3,(H,22,24). The highest BCUT2D eigenvalue weighted by Crippen LogP contribution is 2.25. The van der Waals surface area contributed by atoms with E-state index in [1.807, 2.05) is 0 Å². The van der Waals surface area contributed by atoms with E-state index in [2.05, 4.69) is 10.0 Å². The van der Waals surface area contributed by atoms with Gasteiger partial charge in [0.2, 0.25) is 10.0 Å². The summed E-state index contributed by atoms with van der Waals surface area (Å²) in [5, 5.41) is 3.45. The minimum atomic E-state index is -3.44. The zero-order valence-corrected chi connectivity index (χ0v) is 17.4. The van der Waals surface area contributed by atoms with Gasteiger partial charge in [-0.2, -0.15) is 0 Å². The predicted octanol–water partition coefficient (Wildman–Crippen LogP) is 3.27. The van der Waals surface area contributed by atoms with Crippen LogP contribution in [0.1, 0.15) is 18.9 Å². The molecule has 2 N–H and O–H groups in total. The van der Waals surface area contributed by atoms with E-state index in [1.54, 1.807) is 56.3 Å². The van der Waals surface area contributed by atoms with Crippen molar-refractivity contribution >= 4 is 38.3 Å². The summed E-state index contributed by atoms with van der Waals surface area (Å²) in [7, 11) is -3.44. The summed E-state index contributed by atoms with van der Waals surface area (Å²) in [6, 6.07) is 12.9. The Kier molecular flexibility index (Phi) is 6.41. The van der Waals surface area contributed by atoms with Crippen molar-refractivity contribution in [2.75, 3.05) is 22.4 Å². The third kappa shape index (κ3) is 5.38. The molecule has 0 saturated carbocycles. The molecule has 0 unspecified atom stereocenters. The fourth-order valence-corrected chi connectivity index (χ4v) is 4.03. The maximum atomic E-state index is 12.3. The minimum Gasteiger partial charge on any atom is -0.484 e. The fourth-order valence-electron chi connectivity index (χ4n) is 2.83. The highest BCUT2D eigenvalue weighted by Gasteiger charge is 2.13. The number of nitrogens with one attached hydrogen (secondary N) is 2. The SMILES string of the molecule is CCCS(=O)(=O)Nc1cccc(NC(=O)COc2ccc3ccc(=O)oc3c2)c1C. The molecule has 0 aliphatic heterocycles. The molecular formula is C21H22N2O6S. The van der Waals surface area contributed by atoms with Gasteiger partial charge in [0.15, 0.2) is 6.61 Å². The van der Waals surface area contributed by atoms with Gasteiger partial charge in [0, 0.05) is 23.2 Å². The molecular weight excluding hydrogens is 408 g/mol. The summed E-state index contributed by atoms with van der Waals surface area (Å²) in [4.78, 5) is 23.6. The van der Waals surface area contributed by atoms with E-state index in [-0.39, 0.29) is 12.4 Å². The van der Waals surface area contributed by atoms with E-state index in [9.17, 15) is 18.0 Å². The molecule has 0 fully saturated rings. The Morgan fingerprint density at radius 3 is 2.60 bits per heavy atom. The van der Waals surface area contributed by atoms with Crippen LogP contribution in [-0.2, 0) is 14.8 Å². The molecule has 1 heterocycles. The number of hydrogen-bond acceptors (Lipinski definition) is 6. The number of ether oxygens (including phenoxy) is 1. The van der Waals surface area contributed by atoms with Gasteiger partial charge < -0.3 is 14.5 Å². The third-order valence-electron chi connectivity index (χ3n) is 4.31. The molecule has 0 radical (unpaired) electrons. The molecule has 1 amide bonds. The van der Waals surface area contributed by atoms with E-state index in [4.69, 9.17) is 9.15 Å². The molecule has 3 rings (SSSR count). The highest BCUT2D eigenvalue weighted by molar-refractivity contribution is 7.92. The smallest absolute Gasteiger partial charge is 0.336 e. The number of carbonyl (C=O) groups excluding carboxylic acids is 1. The maximum Gasteiger partial charge on any atom is 0.336 e. The van der Waals surface area contributed by atoms with E-state index in [0.717, 1.165) is 5.39 Å². The summed E-state index contributed by atoms with van der Waals surface area (Å²) in [5.74, 6) is -0.0194. The lowest BCUT2D eigenvalue weighted by Gasteiger charge is -2.14. The Bertz CT molecular complexity index is 1230. The zero-order valence-electron chi connectivity index (χ0n) is 16.6. The Morgan fingerprint density at radius 2 is 1.83 bits per heavy atom. The Hall–Kier alpha value is -3.33. The average Bonchev–Trinajstić information content (AvgIpc) is 2.69. The van der Waals surface area contributed by atoms with Crippen LogP contribution in [0.15, 0.2) is 57.7 Å². The first-order valence-corrected chi connectivity index (χ1v) is 11.0. The summed E-state index contributed by atoms with van der Waals surface area (Å²) >= 11 is 0. The molecule has 0 aliphatic rings. The Labute approximate surface area is 173 Å². The second-order valence-electron chi connectivity index (χ2n) is 6.69. The zero-order chi connectivity index (χ0) is 21.7. The number of rotatable bonds is 8. The molecule has 0 spiro atoms. The number of benzene rings is 2. The van der Waals surface area contributed by atoms with E-state index < -0.39 is 21.6 Å². The van der Waals surface area contributed by atoms with Gasteiger partial charge in [0.25, 0.3) is 5.91 Å². The predicted molar refractivity (Wildman–Crippen MR) is 115 cm³/mol. The number of hydrogen-bond donors (Lipinski definition) is 2. The molecule has 0 atom stereocenters. The first kappa shape index (κ1) is 21.4. The third-order valence-corrected chi connectivity index (χ3v) is 5.79. The van der Waals surface area contributed by atoms with Crippen molar-refractivity contribution < 1.29 is 22.4 Å². The van der Waals surface area contributed by atoms with Crippen molar-refractivity contribution in [1.29, 1.82) is 0 Å². The second kappa shape index (κ2) is 9.00. The quantitative estimate of drug-likeness (QED) is 0.530. The molecule has 2 aromatic carbocycles. The van der Waals surface area contributed by atoms with Crippen molar-refractivity contribution in [3.8, 4) is 5.75 Å². The number of amides is 1. The van der Waals surface area contributed by atoms with Crippen LogP contribution >= 0.6 is 0 Å². The molecule has 9 heteroatoms. The second-order valence-corrected chi connectivity index (χ2v) is 8.53. The Morgan fingerprint density at radius 1 is 1.10 bits per heavy atom. The molecule has 3 aromatic rings. The van der Waals surface area contributed by atoms with Crippen LogP contribution in [0.3, 0.4) is 0 Å². The van der Waals surface area contributed by atoms with Crippen molar-refractivity contribution in [3.63, 3.8) is 0 Å². The lowest BCUT2D eigenvalue weighted by molar-refractivity contribution is -0.118. The maximum absolute atomic E-state index is 12.3. The monoisotopic (exact) mass is 430 g/mol. The van der Waals surface area contributed by atoms with Crippen molar-refractivity contribution in [3.05, 3.63) is 64.5 Å². The molecule has 0 saturated heterocycles. The largest absolute Gasteiger partial charge is 0.484 e. The normalized spacial score (nSPS) is 11.3. The molecule has 30 heavy (non-hydrogen) atoms. The summed E-state index contributed by atoms with van der Waals surface area (Å²) < 4.78 is 37.1. The van der Waals surface area contributed by atoms with Gasteiger partial charge in [-0.25, -0.2) is 13.2 Å². The first-order valence-electron chi connectivity index (χ1n) is 9.34. The van der Waals surface area contributed by atoms with Crippen LogP contribution in [0, 0.1) is 6.92 Å². The summed E-state index contributed by atoms with van der Waals surface area (Å²) in [5.41, 5.74) is 1.38. The number of sulfonamides is 1. The van der Waals surface area contributed by atoms with Gasteiger partial charge in [0.05, 0.1) is 11.4 Å². The molecule has 8 nitrogen and oxygen atoms in total. The highest BCUT2D eigenvalue weighted by atomic mass is 32.2.